The maximum Gasteiger partial charge on any atom is 0.252 e. The minimum atomic E-state index is -0.623. The first-order chi connectivity index (χ1) is 11.9. The van der Waals surface area contributed by atoms with E-state index < -0.39 is 17.7 Å². The summed E-state index contributed by atoms with van der Waals surface area (Å²) in [5.41, 5.74) is 0.358. The average molecular weight is 461 g/mol. The van der Waals surface area contributed by atoms with E-state index in [1.165, 1.54) is 32.4 Å². The standard InChI is InChI=1S/C18H18F2INO3/c1-10(7-11-13(19)5-4-6-14(11)20)22-18(23)12-8-16(24-2)17(25-3)9-15(12)21/h4-6,8-10H,7H2,1-3H3,(H,22,23). The lowest BCUT2D eigenvalue weighted by molar-refractivity contribution is 0.0938. The second-order valence-electron chi connectivity index (χ2n) is 5.47. The first-order valence-corrected chi connectivity index (χ1v) is 8.60. The molecule has 1 N–H and O–H groups in total. The molecule has 0 bridgehead atoms. The summed E-state index contributed by atoms with van der Waals surface area (Å²) >= 11 is 2.02. The molecular weight excluding hydrogens is 443 g/mol. The number of methoxy groups -OCH3 is 2. The Morgan fingerprint density at radius 3 is 2.28 bits per heavy atom. The molecule has 134 valence electrons. The Bertz CT molecular complexity index is 763. The van der Waals surface area contributed by atoms with Crippen molar-refractivity contribution >= 4 is 28.5 Å². The Morgan fingerprint density at radius 2 is 1.72 bits per heavy atom. The molecule has 0 aliphatic rings. The molecular formula is C18H18F2INO3. The number of carbonyl (C=O) groups is 1. The molecule has 0 aliphatic carbocycles. The van der Waals surface area contributed by atoms with Crippen LogP contribution in [0.3, 0.4) is 0 Å². The molecule has 2 aromatic rings. The van der Waals surface area contributed by atoms with Gasteiger partial charge in [0, 0.05) is 15.2 Å². The first kappa shape index (κ1) is 19.4. The van der Waals surface area contributed by atoms with Crippen molar-refractivity contribution in [3.05, 3.63) is 56.7 Å². The van der Waals surface area contributed by atoms with Gasteiger partial charge < -0.3 is 14.8 Å². The molecule has 0 heterocycles. The van der Waals surface area contributed by atoms with Gasteiger partial charge in [-0.15, -0.1) is 0 Å². The highest BCUT2D eigenvalue weighted by atomic mass is 127. The van der Waals surface area contributed by atoms with Crippen LogP contribution < -0.4 is 14.8 Å². The highest BCUT2D eigenvalue weighted by Gasteiger charge is 2.19. The van der Waals surface area contributed by atoms with E-state index in [2.05, 4.69) is 5.32 Å². The molecule has 0 saturated carbocycles. The lowest BCUT2D eigenvalue weighted by Gasteiger charge is -2.17. The molecule has 0 radical (unpaired) electrons. The fourth-order valence-electron chi connectivity index (χ4n) is 2.41. The van der Waals surface area contributed by atoms with E-state index >= 15 is 0 Å². The van der Waals surface area contributed by atoms with Gasteiger partial charge in [0.25, 0.3) is 5.91 Å². The van der Waals surface area contributed by atoms with Crippen molar-refractivity contribution in [1.29, 1.82) is 0 Å². The van der Waals surface area contributed by atoms with Gasteiger partial charge in [0.1, 0.15) is 11.6 Å². The smallest absolute Gasteiger partial charge is 0.252 e. The van der Waals surface area contributed by atoms with Gasteiger partial charge in [-0.25, -0.2) is 8.78 Å². The third-order valence-electron chi connectivity index (χ3n) is 3.67. The Morgan fingerprint density at radius 1 is 1.16 bits per heavy atom. The van der Waals surface area contributed by atoms with E-state index in [-0.39, 0.29) is 17.9 Å². The van der Waals surface area contributed by atoms with Gasteiger partial charge in [-0.2, -0.15) is 0 Å². The zero-order valence-electron chi connectivity index (χ0n) is 14.0. The van der Waals surface area contributed by atoms with Crippen molar-refractivity contribution < 1.29 is 23.0 Å². The molecule has 2 rings (SSSR count). The molecule has 1 atom stereocenters. The van der Waals surface area contributed by atoms with Gasteiger partial charge in [-0.05, 0) is 60.2 Å². The van der Waals surface area contributed by atoms with E-state index in [0.717, 1.165) is 0 Å². The molecule has 4 nitrogen and oxygen atoms in total. The van der Waals surface area contributed by atoms with Gasteiger partial charge in [-0.1, -0.05) is 6.07 Å². The maximum atomic E-state index is 13.7. The normalized spacial score (nSPS) is 11.8. The van der Waals surface area contributed by atoms with Gasteiger partial charge in [0.05, 0.1) is 19.8 Å². The zero-order valence-corrected chi connectivity index (χ0v) is 16.2. The third-order valence-corrected chi connectivity index (χ3v) is 4.56. The van der Waals surface area contributed by atoms with Crippen molar-refractivity contribution in [1.82, 2.24) is 5.32 Å². The number of rotatable bonds is 6. The number of amides is 1. The molecule has 0 saturated heterocycles. The Kier molecular flexibility index (Phi) is 6.57. The fraction of sp³-hybridized carbons (Fsp3) is 0.278. The molecule has 0 aromatic heterocycles. The van der Waals surface area contributed by atoms with E-state index in [9.17, 15) is 13.6 Å². The Balaban J connectivity index is 2.16. The second-order valence-corrected chi connectivity index (χ2v) is 6.63. The van der Waals surface area contributed by atoms with Crippen LogP contribution in [-0.4, -0.2) is 26.2 Å². The largest absolute Gasteiger partial charge is 0.493 e. The van der Waals surface area contributed by atoms with Crippen LogP contribution >= 0.6 is 22.6 Å². The Hall–Kier alpha value is -1.90. The van der Waals surface area contributed by atoms with Gasteiger partial charge in [0.15, 0.2) is 11.5 Å². The summed E-state index contributed by atoms with van der Waals surface area (Å²) in [5, 5.41) is 2.76. The molecule has 1 amide bonds. The van der Waals surface area contributed by atoms with E-state index in [1.807, 2.05) is 22.6 Å². The number of nitrogens with one attached hydrogen (secondary N) is 1. The summed E-state index contributed by atoms with van der Waals surface area (Å²) in [6, 6.07) is 6.52. The van der Waals surface area contributed by atoms with Crippen LogP contribution in [0, 0.1) is 15.2 Å². The van der Waals surface area contributed by atoms with Crippen LogP contribution in [0.25, 0.3) is 0 Å². The number of hydrogen-bond acceptors (Lipinski definition) is 3. The summed E-state index contributed by atoms with van der Waals surface area (Å²) in [5.74, 6) is -0.649. The predicted molar refractivity (Wildman–Crippen MR) is 99.3 cm³/mol. The molecule has 2 aromatic carbocycles. The Labute approximate surface area is 158 Å². The molecule has 25 heavy (non-hydrogen) atoms. The van der Waals surface area contributed by atoms with Crippen molar-refractivity contribution in [2.75, 3.05) is 14.2 Å². The monoisotopic (exact) mass is 461 g/mol. The summed E-state index contributed by atoms with van der Waals surface area (Å²) in [6.07, 6.45) is 0.0497. The summed E-state index contributed by atoms with van der Waals surface area (Å²) in [7, 11) is 2.99. The number of halogens is 3. The third kappa shape index (κ3) is 4.59. The van der Waals surface area contributed by atoms with Crippen molar-refractivity contribution in [2.24, 2.45) is 0 Å². The lowest BCUT2D eigenvalue weighted by Crippen LogP contribution is -2.35. The highest BCUT2D eigenvalue weighted by Crippen LogP contribution is 2.31. The van der Waals surface area contributed by atoms with Gasteiger partial charge in [0.2, 0.25) is 0 Å². The van der Waals surface area contributed by atoms with E-state index in [4.69, 9.17) is 9.47 Å². The zero-order chi connectivity index (χ0) is 18.6. The molecule has 7 heteroatoms. The quantitative estimate of drug-likeness (QED) is 0.664. The second kappa shape index (κ2) is 8.46. The van der Waals surface area contributed by atoms with Crippen LogP contribution in [0.1, 0.15) is 22.8 Å². The number of benzene rings is 2. The van der Waals surface area contributed by atoms with Gasteiger partial charge >= 0.3 is 0 Å². The van der Waals surface area contributed by atoms with Crippen LogP contribution in [0.4, 0.5) is 8.78 Å². The van der Waals surface area contributed by atoms with Crippen molar-refractivity contribution in [3.8, 4) is 11.5 Å². The van der Waals surface area contributed by atoms with Gasteiger partial charge in [-0.3, -0.25) is 4.79 Å². The highest BCUT2D eigenvalue weighted by molar-refractivity contribution is 14.1. The van der Waals surface area contributed by atoms with Crippen molar-refractivity contribution in [2.45, 2.75) is 19.4 Å². The molecule has 0 fully saturated rings. The lowest BCUT2D eigenvalue weighted by atomic mass is 10.1. The first-order valence-electron chi connectivity index (χ1n) is 7.52. The number of hydrogen-bond donors (Lipinski definition) is 1. The van der Waals surface area contributed by atoms with Crippen LogP contribution in [0.15, 0.2) is 30.3 Å². The van der Waals surface area contributed by atoms with Crippen molar-refractivity contribution in [3.63, 3.8) is 0 Å². The predicted octanol–water partition coefficient (Wildman–Crippen LogP) is 3.95. The maximum absolute atomic E-state index is 13.7. The molecule has 0 spiro atoms. The van der Waals surface area contributed by atoms with Crippen LogP contribution in [-0.2, 0) is 6.42 Å². The minimum Gasteiger partial charge on any atom is -0.493 e. The molecule has 1 unspecified atom stereocenters. The topological polar surface area (TPSA) is 47.6 Å². The summed E-state index contributed by atoms with van der Waals surface area (Å²) in [6.45, 7) is 1.69. The van der Waals surface area contributed by atoms with E-state index in [0.29, 0.717) is 20.6 Å². The number of carbonyl (C=O) groups excluding carboxylic acids is 1. The van der Waals surface area contributed by atoms with Crippen LogP contribution in [0.2, 0.25) is 0 Å². The SMILES string of the molecule is COc1cc(I)c(C(=O)NC(C)Cc2c(F)cccc2F)cc1OC. The molecule has 0 aliphatic heterocycles. The number of ether oxygens (including phenoxy) is 2. The summed E-state index contributed by atoms with van der Waals surface area (Å²) < 4.78 is 38.5. The average Bonchev–Trinajstić information content (AvgIpc) is 2.57. The van der Waals surface area contributed by atoms with Crippen LogP contribution in [0.5, 0.6) is 11.5 Å². The summed E-state index contributed by atoms with van der Waals surface area (Å²) in [4.78, 5) is 12.5. The fourth-order valence-corrected chi connectivity index (χ4v) is 3.10. The minimum absolute atomic E-state index is 0.0442. The van der Waals surface area contributed by atoms with E-state index in [1.54, 1.807) is 19.1 Å².